The number of aliphatic hydroxyl groups excluding tert-OH is 1. The minimum atomic E-state index is -1.79. The molecule has 13 amide bonds. The van der Waals surface area contributed by atoms with E-state index in [2.05, 4.69) is 68.8 Å². The number of carbonyl (C=O) groups is 13. The van der Waals surface area contributed by atoms with E-state index in [1.165, 1.54) is 45.0 Å². The highest BCUT2D eigenvalue weighted by molar-refractivity contribution is 6.30. The predicted octanol–water partition coefficient (Wildman–Crippen LogP) is 1.61. The lowest BCUT2D eigenvalue weighted by atomic mass is 9.99. The minimum Gasteiger partial charge on any atom is -0.394 e. The third-order valence-electron chi connectivity index (χ3n) is 17.4. The van der Waals surface area contributed by atoms with Gasteiger partial charge in [0.1, 0.15) is 60.4 Å². The van der Waals surface area contributed by atoms with Crippen molar-refractivity contribution < 1.29 is 67.4 Å². The van der Waals surface area contributed by atoms with Crippen LogP contribution in [0.3, 0.4) is 0 Å². The molecule has 1 aliphatic heterocycles. The molecular formula is C74H106ClN15O14. The number of nitrogens with one attached hydrogen (secondary N) is 12. The Hall–Kier alpha value is -9.61. The summed E-state index contributed by atoms with van der Waals surface area (Å²) >= 11 is 6.24. The molecule has 0 bridgehead atoms. The number of rotatable bonds is 44. The van der Waals surface area contributed by atoms with Crippen molar-refractivity contribution in [1.82, 2.24) is 73.7 Å². The first-order valence-electron chi connectivity index (χ1n) is 35.8. The zero-order valence-electron chi connectivity index (χ0n) is 60.8. The number of amides is 13. The fourth-order valence-electron chi connectivity index (χ4n) is 11.9. The first-order chi connectivity index (χ1) is 49.5. The summed E-state index contributed by atoms with van der Waals surface area (Å²) in [5, 5.41) is 46.2. The number of nitrogens with two attached hydrogens (primary N) is 1. The van der Waals surface area contributed by atoms with E-state index in [0.717, 1.165) is 10.8 Å². The number of halogens is 1. The minimum absolute atomic E-state index is 0.0383. The normalized spacial score (nSPS) is 15.3. The van der Waals surface area contributed by atoms with Crippen molar-refractivity contribution in [2.45, 2.75) is 218 Å². The summed E-state index contributed by atoms with van der Waals surface area (Å²) in [5.41, 5.74) is 7.15. The predicted molar refractivity (Wildman–Crippen MR) is 392 cm³/mol. The Labute approximate surface area is 613 Å². The van der Waals surface area contributed by atoms with Gasteiger partial charge in [0.25, 0.3) is 0 Å². The average molecular weight is 1470 g/mol. The number of fused-ring (bicyclic) bond motifs is 1. The molecule has 104 heavy (non-hydrogen) atoms. The van der Waals surface area contributed by atoms with E-state index in [-0.39, 0.29) is 101 Å². The number of hydrogen-bond donors (Lipinski definition) is 14. The van der Waals surface area contributed by atoms with Gasteiger partial charge in [0, 0.05) is 83.1 Å². The van der Waals surface area contributed by atoms with Crippen molar-refractivity contribution >= 4 is 99.2 Å². The van der Waals surface area contributed by atoms with Crippen LogP contribution in [0.15, 0.2) is 91.3 Å². The topological polar surface area (TPSA) is 429 Å². The van der Waals surface area contributed by atoms with Gasteiger partial charge in [-0.25, -0.2) is 0 Å². The number of benzene rings is 3. The second kappa shape index (κ2) is 44.1. The Balaban J connectivity index is 1.42. The zero-order chi connectivity index (χ0) is 76.4. The summed E-state index contributed by atoms with van der Waals surface area (Å²) in [4.78, 5) is 185. The molecule has 15 N–H and O–H groups in total. The quantitative estimate of drug-likeness (QED) is 0.0280. The maximum atomic E-state index is 14.9. The van der Waals surface area contributed by atoms with Gasteiger partial charge in [0.15, 0.2) is 0 Å². The van der Waals surface area contributed by atoms with Gasteiger partial charge in [-0.3, -0.25) is 67.3 Å². The summed E-state index contributed by atoms with van der Waals surface area (Å²) in [6, 6.07) is 9.95. The number of nitrogens with zero attached hydrogens (tertiary/aromatic N) is 2. The van der Waals surface area contributed by atoms with E-state index in [1.807, 2.05) is 70.2 Å². The first kappa shape index (κ1) is 85.0. The molecule has 1 aliphatic rings. The van der Waals surface area contributed by atoms with Crippen LogP contribution in [0.1, 0.15) is 149 Å². The number of hydrogen-bond acceptors (Lipinski definition) is 16. The Morgan fingerprint density at radius 2 is 0.981 bits per heavy atom. The molecule has 3 aromatic carbocycles. The van der Waals surface area contributed by atoms with Crippen molar-refractivity contribution in [3.8, 4) is 0 Å². The molecule has 0 spiro atoms. The third kappa shape index (κ3) is 30.0. The standard InChI is InChI=1S/C74H106ClN15O14/c1-44(2)37-59(68(98)85-58(24-13-14-33-78-45(3)4)74(104)90-36-18-25-64(90)73(103)81-46(5)65(76)95)86-67(97)57(23-12-16-35-80-48(7)93)83-66(96)56(22-11-15-34-79-47(6)92)84-72(102)63(43-91)89-71(101)62(41-52-19-17-32-77-42-52)88-70(100)61(39-50-27-30-55(75)31-28-50)87-69(99)60(82-49(8)94)40-51-26-29-53-20-9-10-21-54(53)38-51/h9-10,17,19-21,26-32,38,42,44-46,56-64,78,91H,11-16,18,22-25,33-37,39-41,43H2,1-8H3,(H2,76,95)(H,79,92)(H,80,93)(H,81,103)(H,82,94)(H,83,96)(H,84,102)(H,85,98)(H,86,97)(H,87,99)(H,88,100)(H,89,101)/t46-,56+,57-,58+,59+,60-,61-,62-,63+,64+/m1/s1. The number of carbonyl (C=O) groups excluding carboxylic acids is 13. The lowest BCUT2D eigenvalue weighted by Crippen LogP contribution is -2.61. The lowest BCUT2D eigenvalue weighted by Gasteiger charge is -2.31. The largest absolute Gasteiger partial charge is 0.394 e. The van der Waals surface area contributed by atoms with Gasteiger partial charge in [-0.2, -0.15) is 0 Å². The molecule has 5 rings (SSSR count). The van der Waals surface area contributed by atoms with E-state index in [9.17, 15) is 67.4 Å². The van der Waals surface area contributed by atoms with E-state index >= 15 is 0 Å². The molecule has 29 nitrogen and oxygen atoms in total. The summed E-state index contributed by atoms with van der Waals surface area (Å²) in [7, 11) is 0. The molecule has 1 fully saturated rings. The molecule has 2 heterocycles. The van der Waals surface area contributed by atoms with Crippen LogP contribution in [0, 0.1) is 5.92 Å². The van der Waals surface area contributed by atoms with Crippen LogP contribution >= 0.6 is 11.6 Å². The molecule has 568 valence electrons. The zero-order valence-corrected chi connectivity index (χ0v) is 61.6. The van der Waals surface area contributed by atoms with E-state index in [1.54, 1.807) is 36.4 Å². The van der Waals surface area contributed by atoms with Gasteiger partial charge in [0.2, 0.25) is 76.8 Å². The van der Waals surface area contributed by atoms with Crippen molar-refractivity contribution in [3.63, 3.8) is 0 Å². The Kier molecular flexibility index (Phi) is 36.1. The van der Waals surface area contributed by atoms with Crippen molar-refractivity contribution in [2.75, 3.05) is 32.8 Å². The molecule has 4 aromatic rings. The molecule has 0 unspecified atom stereocenters. The van der Waals surface area contributed by atoms with E-state index < -0.39 is 132 Å². The fraction of sp³-hybridized carbons (Fsp3) is 0.541. The van der Waals surface area contributed by atoms with Crippen LogP contribution in [0.25, 0.3) is 10.8 Å². The Bertz CT molecular complexity index is 3550. The number of primary amides is 1. The van der Waals surface area contributed by atoms with Crippen LogP contribution in [0.5, 0.6) is 0 Å². The summed E-state index contributed by atoms with van der Waals surface area (Å²) in [5.74, 6) is -9.30. The number of likely N-dealkylation sites (tertiary alicyclic amines) is 1. The smallest absolute Gasteiger partial charge is 0.245 e. The van der Waals surface area contributed by atoms with Gasteiger partial charge in [0.05, 0.1) is 6.61 Å². The van der Waals surface area contributed by atoms with Crippen LogP contribution in [0.2, 0.25) is 5.02 Å². The monoisotopic (exact) mass is 1460 g/mol. The van der Waals surface area contributed by atoms with Crippen LogP contribution < -0.4 is 69.5 Å². The van der Waals surface area contributed by atoms with Gasteiger partial charge in [-0.1, -0.05) is 100.0 Å². The van der Waals surface area contributed by atoms with Crippen LogP contribution in [-0.2, 0) is 81.6 Å². The molecule has 0 radical (unpaired) electrons. The SMILES string of the molecule is CC(=O)NCCCC[C@H](NC(=O)[C@H](CO)NC(=O)[C@@H](Cc1cccnc1)NC(=O)[C@@H](Cc1ccc(Cl)cc1)NC(=O)[C@@H](Cc1ccc2ccccc2c1)NC(C)=O)C(=O)N[C@H](CCCCNC(C)=O)C(=O)N[C@@H](CC(C)C)C(=O)N[C@@H](CCCCNC(C)C)C(=O)N1CCC[C@H]1C(=O)N[C@H](C)C(N)=O. The number of aromatic nitrogens is 1. The van der Waals surface area contributed by atoms with Crippen molar-refractivity contribution in [1.29, 1.82) is 0 Å². The average Bonchev–Trinajstić information content (AvgIpc) is 1.52. The Morgan fingerprint density at radius 1 is 0.510 bits per heavy atom. The van der Waals surface area contributed by atoms with Gasteiger partial charge < -0.3 is 79.5 Å². The third-order valence-corrected chi connectivity index (χ3v) is 17.7. The van der Waals surface area contributed by atoms with Crippen molar-refractivity contribution in [2.24, 2.45) is 11.7 Å². The van der Waals surface area contributed by atoms with Crippen LogP contribution in [-0.4, -0.2) is 191 Å². The molecule has 0 saturated carbocycles. The fourth-order valence-corrected chi connectivity index (χ4v) is 12.0. The molecular weight excluding hydrogens is 1360 g/mol. The number of aliphatic hydroxyl groups is 1. The van der Waals surface area contributed by atoms with Gasteiger partial charge in [-0.15, -0.1) is 0 Å². The second-order valence-corrected chi connectivity index (χ2v) is 27.6. The first-order valence-corrected chi connectivity index (χ1v) is 36.1. The molecule has 1 saturated heterocycles. The second-order valence-electron chi connectivity index (χ2n) is 27.2. The van der Waals surface area contributed by atoms with Crippen LogP contribution in [0.4, 0.5) is 0 Å². The van der Waals surface area contributed by atoms with Gasteiger partial charge in [-0.05, 0) is 142 Å². The molecule has 0 aliphatic carbocycles. The number of unbranched alkanes of at least 4 members (excludes halogenated alkanes) is 3. The van der Waals surface area contributed by atoms with Gasteiger partial charge >= 0.3 is 0 Å². The Morgan fingerprint density at radius 3 is 1.51 bits per heavy atom. The lowest BCUT2D eigenvalue weighted by molar-refractivity contribution is -0.142. The molecule has 1 aromatic heterocycles. The highest BCUT2D eigenvalue weighted by Gasteiger charge is 2.40. The number of pyridine rings is 1. The van der Waals surface area contributed by atoms with E-state index in [4.69, 9.17) is 17.3 Å². The maximum Gasteiger partial charge on any atom is 0.245 e. The highest BCUT2D eigenvalue weighted by atomic mass is 35.5. The summed E-state index contributed by atoms with van der Waals surface area (Å²) < 4.78 is 0. The molecule has 10 atom stereocenters. The molecule has 30 heteroatoms. The summed E-state index contributed by atoms with van der Waals surface area (Å²) in [6.45, 7) is 13.1. The summed E-state index contributed by atoms with van der Waals surface area (Å²) in [6.07, 6.45) is 5.62. The maximum absolute atomic E-state index is 14.9. The van der Waals surface area contributed by atoms with E-state index in [0.29, 0.717) is 66.8 Å². The van der Waals surface area contributed by atoms with Crippen molar-refractivity contribution in [3.05, 3.63) is 113 Å². The highest BCUT2D eigenvalue weighted by Crippen LogP contribution is 2.22.